The molecule has 0 bridgehead atoms. The SMILES string of the molecule is CC(C)CC(N)C(=O)N1CCSCC1C#N. The van der Waals surface area contributed by atoms with E-state index < -0.39 is 6.04 Å². The first-order chi connectivity index (χ1) is 7.56. The smallest absolute Gasteiger partial charge is 0.240 e. The molecule has 1 amide bonds. The van der Waals surface area contributed by atoms with Crippen LogP contribution in [0, 0.1) is 17.2 Å². The summed E-state index contributed by atoms with van der Waals surface area (Å²) < 4.78 is 0. The molecule has 5 heteroatoms. The van der Waals surface area contributed by atoms with E-state index in [0.717, 1.165) is 5.75 Å². The van der Waals surface area contributed by atoms with Crippen molar-refractivity contribution in [3.05, 3.63) is 0 Å². The summed E-state index contributed by atoms with van der Waals surface area (Å²) >= 11 is 1.72. The van der Waals surface area contributed by atoms with Crippen LogP contribution >= 0.6 is 11.8 Å². The van der Waals surface area contributed by atoms with Crippen LogP contribution in [0.3, 0.4) is 0 Å². The van der Waals surface area contributed by atoms with Crippen molar-refractivity contribution in [1.82, 2.24) is 4.90 Å². The number of rotatable bonds is 3. The Morgan fingerprint density at radius 3 is 2.94 bits per heavy atom. The number of nitrogens with zero attached hydrogens (tertiary/aromatic N) is 2. The van der Waals surface area contributed by atoms with Gasteiger partial charge in [0.15, 0.2) is 0 Å². The fourth-order valence-corrected chi connectivity index (χ4v) is 2.77. The molecular formula is C11H19N3OS. The van der Waals surface area contributed by atoms with Gasteiger partial charge in [-0.05, 0) is 12.3 Å². The van der Waals surface area contributed by atoms with E-state index in [1.54, 1.807) is 16.7 Å². The molecule has 0 spiro atoms. The molecule has 2 unspecified atom stereocenters. The van der Waals surface area contributed by atoms with Crippen molar-refractivity contribution in [2.24, 2.45) is 11.7 Å². The minimum Gasteiger partial charge on any atom is -0.324 e. The van der Waals surface area contributed by atoms with Crippen LogP contribution < -0.4 is 5.73 Å². The van der Waals surface area contributed by atoms with Crippen molar-refractivity contribution in [3.63, 3.8) is 0 Å². The Bertz CT molecular complexity index is 287. The van der Waals surface area contributed by atoms with E-state index in [-0.39, 0.29) is 11.9 Å². The molecule has 16 heavy (non-hydrogen) atoms. The first kappa shape index (κ1) is 13.3. The van der Waals surface area contributed by atoms with Crippen LogP contribution in [-0.2, 0) is 4.79 Å². The molecule has 4 nitrogen and oxygen atoms in total. The molecule has 0 saturated carbocycles. The van der Waals surface area contributed by atoms with Gasteiger partial charge in [-0.3, -0.25) is 4.79 Å². The van der Waals surface area contributed by atoms with Crippen LogP contribution in [-0.4, -0.2) is 40.9 Å². The normalized spacial score (nSPS) is 22.9. The van der Waals surface area contributed by atoms with Crippen molar-refractivity contribution in [2.75, 3.05) is 18.1 Å². The topological polar surface area (TPSA) is 70.1 Å². The molecular weight excluding hydrogens is 222 g/mol. The number of nitrogens with two attached hydrogens (primary N) is 1. The standard InChI is InChI=1S/C11H19N3OS/c1-8(2)5-10(13)11(15)14-3-4-16-7-9(14)6-12/h8-10H,3-5,7,13H2,1-2H3. The van der Waals surface area contributed by atoms with Crippen molar-refractivity contribution >= 4 is 17.7 Å². The first-order valence-corrected chi connectivity index (χ1v) is 6.75. The first-order valence-electron chi connectivity index (χ1n) is 5.59. The Hall–Kier alpha value is -0.730. The summed E-state index contributed by atoms with van der Waals surface area (Å²) in [5, 5.41) is 8.98. The zero-order valence-corrected chi connectivity index (χ0v) is 10.7. The van der Waals surface area contributed by atoms with Gasteiger partial charge in [-0.15, -0.1) is 0 Å². The third-order valence-electron chi connectivity index (χ3n) is 2.60. The molecule has 0 aromatic rings. The second-order valence-corrected chi connectivity index (χ2v) is 5.64. The van der Waals surface area contributed by atoms with E-state index in [9.17, 15) is 4.79 Å². The molecule has 0 aliphatic carbocycles. The van der Waals surface area contributed by atoms with Crippen LogP contribution in [0.25, 0.3) is 0 Å². The summed E-state index contributed by atoms with van der Waals surface area (Å²) in [6.07, 6.45) is 0.681. The maximum absolute atomic E-state index is 12.0. The average molecular weight is 241 g/mol. The Morgan fingerprint density at radius 2 is 2.38 bits per heavy atom. The van der Waals surface area contributed by atoms with E-state index in [2.05, 4.69) is 6.07 Å². The summed E-state index contributed by atoms with van der Waals surface area (Å²) in [7, 11) is 0. The maximum Gasteiger partial charge on any atom is 0.240 e. The van der Waals surface area contributed by atoms with Crippen LogP contribution in [0.1, 0.15) is 20.3 Å². The van der Waals surface area contributed by atoms with Gasteiger partial charge in [-0.1, -0.05) is 13.8 Å². The largest absolute Gasteiger partial charge is 0.324 e. The maximum atomic E-state index is 12.0. The zero-order chi connectivity index (χ0) is 12.1. The third-order valence-corrected chi connectivity index (χ3v) is 3.63. The van der Waals surface area contributed by atoms with E-state index in [1.807, 2.05) is 13.8 Å². The van der Waals surface area contributed by atoms with Gasteiger partial charge >= 0.3 is 0 Å². The second-order valence-electron chi connectivity index (χ2n) is 4.49. The molecule has 1 aliphatic heterocycles. The molecule has 1 fully saturated rings. The number of carbonyl (C=O) groups excluding carboxylic acids is 1. The number of carbonyl (C=O) groups is 1. The molecule has 2 atom stereocenters. The van der Waals surface area contributed by atoms with Crippen LogP contribution in [0.5, 0.6) is 0 Å². The molecule has 1 rings (SSSR count). The van der Waals surface area contributed by atoms with Crippen LogP contribution in [0.15, 0.2) is 0 Å². The average Bonchev–Trinajstić information content (AvgIpc) is 2.27. The van der Waals surface area contributed by atoms with E-state index in [4.69, 9.17) is 11.0 Å². The van der Waals surface area contributed by atoms with E-state index in [0.29, 0.717) is 24.6 Å². The second kappa shape index (κ2) is 6.12. The summed E-state index contributed by atoms with van der Waals surface area (Å²) in [5.74, 6) is 1.94. The fourth-order valence-electron chi connectivity index (χ4n) is 1.80. The van der Waals surface area contributed by atoms with Crippen molar-refractivity contribution in [1.29, 1.82) is 5.26 Å². The Labute approximate surface area is 101 Å². The lowest BCUT2D eigenvalue weighted by atomic mass is 10.0. The highest BCUT2D eigenvalue weighted by atomic mass is 32.2. The number of hydrogen-bond donors (Lipinski definition) is 1. The van der Waals surface area contributed by atoms with E-state index in [1.165, 1.54) is 0 Å². The Morgan fingerprint density at radius 1 is 1.69 bits per heavy atom. The number of hydrogen-bond acceptors (Lipinski definition) is 4. The summed E-state index contributed by atoms with van der Waals surface area (Å²) in [6.45, 7) is 4.73. The summed E-state index contributed by atoms with van der Waals surface area (Å²) in [5.41, 5.74) is 5.86. The lowest BCUT2D eigenvalue weighted by Gasteiger charge is -2.33. The van der Waals surface area contributed by atoms with Gasteiger partial charge < -0.3 is 10.6 Å². The molecule has 1 aliphatic rings. The highest BCUT2D eigenvalue weighted by molar-refractivity contribution is 7.99. The molecule has 1 heterocycles. The summed E-state index contributed by atoms with van der Waals surface area (Å²) in [6, 6.07) is 1.41. The summed E-state index contributed by atoms with van der Waals surface area (Å²) in [4.78, 5) is 13.7. The lowest BCUT2D eigenvalue weighted by Crippen LogP contribution is -2.52. The van der Waals surface area contributed by atoms with Gasteiger partial charge in [0.05, 0.1) is 12.1 Å². The number of amides is 1. The van der Waals surface area contributed by atoms with E-state index >= 15 is 0 Å². The Balaban J connectivity index is 2.60. The molecule has 0 aromatic heterocycles. The molecule has 90 valence electrons. The van der Waals surface area contributed by atoms with Crippen molar-refractivity contribution in [3.8, 4) is 6.07 Å². The van der Waals surface area contributed by atoms with Crippen LogP contribution in [0.2, 0.25) is 0 Å². The predicted molar refractivity (Wildman–Crippen MR) is 65.9 cm³/mol. The highest BCUT2D eigenvalue weighted by Crippen LogP contribution is 2.17. The number of nitriles is 1. The van der Waals surface area contributed by atoms with Gasteiger partial charge in [-0.25, -0.2) is 0 Å². The minimum atomic E-state index is -0.459. The number of thioether (sulfide) groups is 1. The predicted octanol–water partition coefficient (Wildman–Crippen LogP) is 0.827. The molecule has 0 aromatic carbocycles. The van der Waals surface area contributed by atoms with Gasteiger partial charge in [0.1, 0.15) is 6.04 Å². The van der Waals surface area contributed by atoms with Crippen molar-refractivity contribution < 1.29 is 4.79 Å². The van der Waals surface area contributed by atoms with Gasteiger partial charge in [0, 0.05) is 18.1 Å². The monoisotopic (exact) mass is 241 g/mol. The molecule has 2 N–H and O–H groups in total. The van der Waals surface area contributed by atoms with Crippen molar-refractivity contribution in [2.45, 2.75) is 32.4 Å². The van der Waals surface area contributed by atoms with Gasteiger partial charge in [0.25, 0.3) is 0 Å². The zero-order valence-electron chi connectivity index (χ0n) is 9.85. The fraction of sp³-hybridized carbons (Fsp3) is 0.818. The van der Waals surface area contributed by atoms with Gasteiger partial charge in [0.2, 0.25) is 5.91 Å². The Kier molecular flexibility index (Phi) is 5.10. The van der Waals surface area contributed by atoms with Gasteiger partial charge in [-0.2, -0.15) is 17.0 Å². The van der Waals surface area contributed by atoms with Crippen LogP contribution in [0.4, 0.5) is 0 Å². The highest BCUT2D eigenvalue weighted by Gasteiger charge is 2.30. The quantitative estimate of drug-likeness (QED) is 0.794. The molecule has 0 radical (unpaired) electrons. The minimum absolute atomic E-state index is 0.0689. The third kappa shape index (κ3) is 3.39. The lowest BCUT2D eigenvalue weighted by molar-refractivity contribution is -0.133. The molecule has 1 saturated heterocycles.